The van der Waals surface area contributed by atoms with Crippen molar-refractivity contribution in [3.63, 3.8) is 0 Å². The van der Waals surface area contributed by atoms with Crippen LogP contribution in [0, 0.1) is 0 Å². The summed E-state index contributed by atoms with van der Waals surface area (Å²) in [6, 6.07) is 6.70. The Morgan fingerprint density at radius 1 is 0.947 bits per heavy atom. The normalized spacial score (nSPS) is 11.8. The van der Waals surface area contributed by atoms with Crippen molar-refractivity contribution >= 4 is 34.6 Å². The van der Waals surface area contributed by atoms with Crippen LogP contribution in [0.4, 0.5) is 48.3 Å². The van der Waals surface area contributed by atoms with Gasteiger partial charge in [-0.25, -0.2) is 14.3 Å². The maximum absolute atomic E-state index is 12.8. The summed E-state index contributed by atoms with van der Waals surface area (Å²) in [6.45, 7) is -1.56. The van der Waals surface area contributed by atoms with Gasteiger partial charge in [0.05, 0.1) is 5.56 Å². The smallest absolute Gasteiger partial charge is 0.382 e. The third kappa shape index (κ3) is 5.91. The van der Waals surface area contributed by atoms with Crippen LogP contribution in [-0.2, 0) is 6.18 Å². The predicted octanol–water partition coefficient (Wildman–Crippen LogP) is 4.33. The summed E-state index contributed by atoms with van der Waals surface area (Å²) in [6.07, 6.45) is -6.11. The molecule has 3 aromatic heterocycles. The molecule has 3 heterocycles. The molecular weight excluding hydrogens is 522 g/mol. The zero-order valence-corrected chi connectivity index (χ0v) is 18.9. The van der Waals surface area contributed by atoms with E-state index in [0.717, 1.165) is 12.5 Å². The third-order valence-corrected chi connectivity index (χ3v) is 5.04. The largest absolute Gasteiger partial charge is 0.433 e. The van der Waals surface area contributed by atoms with Gasteiger partial charge in [-0.05, 0) is 29.8 Å². The fourth-order valence-electron chi connectivity index (χ4n) is 3.45. The molecular formula is C22H16F6N8O2. The van der Waals surface area contributed by atoms with Gasteiger partial charge in [0.1, 0.15) is 24.1 Å². The highest BCUT2D eigenvalue weighted by molar-refractivity contribution is 6.07. The van der Waals surface area contributed by atoms with E-state index in [-0.39, 0.29) is 33.8 Å². The second-order valence-electron chi connectivity index (χ2n) is 7.74. The molecule has 4 aromatic rings. The van der Waals surface area contributed by atoms with Crippen molar-refractivity contribution in [1.29, 1.82) is 0 Å². The Balaban J connectivity index is 1.57. The van der Waals surface area contributed by atoms with Crippen molar-refractivity contribution in [1.82, 2.24) is 24.9 Å². The number of rotatable bonds is 5. The Bertz CT molecular complexity index is 1500. The number of alkyl halides is 6. The van der Waals surface area contributed by atoms with Crippen LogP contribution < -0.4 is 21.7 Å². The van der Waals surface area contributed by atoms with E-state index in [0.29, 0.717) is 11.6 Å². The number of amides is 3. The number of nitrogens with zero attached hydrogens (tertiary/aromatic N) is 4. The molecule has 38 heavy (non-hydrogen) atoms. The van der Waals surface area contributed by atoms with E-state index in [9.17, 15) is 35.9 Å². The molecule has 198 valence electrons. The first-order valence-corrected chi connectivity index (χ1v) is 10.5. The van der Waals surface area contributed by atoms with Gasteiger partial charge in [-0.15, -0.1) is 0 Å². The predicted molar refractivity (Wildman–Crippen MR) is 123 cm³/mol. The number of urea groups is 1. The summed E-state index contributed by atoms with van der Waals surface area (Å²) >= 11 is 0. The number of hydrogen-bond donors (Lipinski definition) is 4. The van der Waals surface area contributed by atoms with Gasteiger partial charge < -0.3 is 21.7 Å². The van der Waals surface area contributed by atoms with E-state index in [1.807, 2.05) is 0 Å². The first-order valence-electron chi connectivity index (χ1n) is 10.5. The Kier molecular flexibility index (Phi) is 6.80. The summed E-state index contributed by atoms with van der Waals surface area (Å²) in [4.78, 5) is 31.9. The van der Waals surface area contributed by atoms with Crippen molar-refractivity contribution in [3.05, 3.63) is 66.4 Å². The number of fused-ring (bicyclic) bond motifs is 1. The van der Waals surface area contributed by atoms with E-state index < -0.39 is 36.5 Å². The average molecular weight is 538 g/mol. The van der Waals surface area contributed by atoms with Gasteiger partial charge in [0, 0.05) is 29.3 Å². The Morgan fingerprint density at radius 2 is 1.63 bits per heavy atom. The van der Waals surface area contributed by atoms with Crippen LogP contribution in [0.2, 0.25) is 0 Å². The van der Waals surface area contributed by atoms with Gasteiger partial charge in [0.15, 0.2) is 5.82 Å². The average Bonchev–Trinajstić information content (AvgIpc) is 3.23. The standard InChI is InChI=1S/C22H16F6N8O2/c23-21(24,25)9-31-19(37)14-8-36-17(18(29)32-10-33-36)16(14)11-1-3-12(4-2-11)34-20(38)35-13-5-6-30-15(7-13)22(26,27)28/h1-8,10H,9H2,(H,31,37)(H2,29,32,33)(H2,30,34,35,38). The van der Waals surface area contributed by atoms with E-state index >= 15 is 0 Å². The minimum Gasteiger partial charge on any atom is -0.382 e. The number of nitrogens with two attached hydrogens (primary N) is 1. The van der Waals surface area contributed by atoms with Gasteiger partial charge in [0.2, 0.25) is 0 Å². The monoisotopic (exact) mass is 538 g/mol. The lowest BCUT2D eigenvalue weighted by molar-refractivity contribution is -0.141. The number of nitrogens with one attached hydrogen (secondary N) is 3. The molecule has 5 N–H and O–H groups in total. The summed E-state index contributed by atoms with van der Waals surface area (Å²) < 4.78 is 77.5. The molecule has 1 aromatic carbocycles. The van der Waals surface area contributed by atoms with Crippen LogP contribution >= 0.6 is 0 Å². The van der Waals surface area contributed by atoms with E-state index in [1.54, 1.807) is 5.32 Å². The number of aromatic nitrogens is 4. The summed E-state index contributed by atoms with van der Waals surface area (Å²) in [5.41, 5.74) is 5.32. The zero-order valence-electron chi connectivity index (χ0n) is 18.9. The molecule has 10 nitrogen and oxygen atoms in total. The summed E-state index contributed by atoms with van der Waals surface area (Å²) in [5, 5.41) is 10.4. The lowest BCUT2D eigenvalue weighted by Crippen LogP contribution is -2.33. The van der Waals surface area contributed by atoms with Gasteiger partial charge in [0.25, 0.3) is 5.91 Å². The van der Waals surface area contributed by atoms with E-state index in [1.165, 1.54) is 41.0 Å². The highest BCUT2D eigenvalue weighted by atomic mass is 19.4. The van der Waals surface area contributed by atoms with E-state index in [4.69, 9.17) is 5.73 Å². The van der Waals surface area contributed by atoms with Crippen LogP contribution in [0.3, 0.4) is 0 Å². The number of carbonyl (C=O) groups is 2. The lowest BCUT2D eigenvalue weighted by Gasteiger charge is -2.11. The molecule has 0 saturated heterocycles. The van der Waals surface area contributed by atoms with Crippen LogP contribution in [0.1, 0.15) is 16.1 Å². The minimum atomic E-state index is -4.69. The van der Waals surface area contributed by atoms with E-state index in [2.05, 4.69) is 25.7 Å². The van der Waals surface area contributed by atoms with Crippen LogP contribution in [-0.4, -0.2) is 44.2 Å². The molecule has 16 heteroatoms. The molecule has 0 aliphatic heterocycles. The highest BCUT2D eigenvalue weighted by Crippen LogP contribution is 2.33. The maximum atomic E-state index is 12.8. The van der Waals surface area contributed by atoms with Crippen molar-refractivity contribution in [3.8, 4) is 11.1 Å². The second-order valence-corrected chi connectivity index (χ2v) is 7.74. The van der Waals surface area contributed by atoms with Gasteiger partial charge in [-0.1, -0.05) is 12.1 Å². The molecule has 0 aliphatic rings. The quantitative estimate of drug-likeness (QED) is 0.279. The van der Waals surface area contributed by atoms with Crippen molar-refractivity contribution in [2.45, 2.75) is 12.4 Å². The van der Waals surface area contributed by atoms with Crippen LogP contribution in [0.5, 0.6) is 0 Å². The first-order chi connectivity index (χ1) is 17.8. The molecule has 0 saturated carbocycles. The topological polar surface area (TPSA) is 139 Å². The fourth-order valence-corrected chi connectivity index (χ4v) is 3.45. The van der Waals surface area contributed by atoms with Gasteiger partial charge in [-0.3, -0.25) is 9.78 Å². The zero-order chi connectivity index (χ0) is 27.7. The second kappa shape index (κ2) is 9.87. The molecule has 3 amide bonds. The minimum absolute atomic E-state index is 0.0398. The van der Waals surface area contributed by atoms with Crippen molar-refractivity contribution < 1.29 is 35.9 Å². The molecule has 0 unspecified atom stereocenters. The number of pyridine rings is 1. The molecule has 4 rings (SSSR count). The number of anilines is 3. The summed E-state index contributed by atoms with van der Waals surface area (Å²) in [5.74, 6) is -1.07. The van der Waals surface area contributed by atoms with Crippen LogP contribution in [0.25, 0.3) is 16.6 Å². The third-order valence-electron chi connectivity index (χ3n) is 5.04. The number of benzene rings is 1. The maximum Gasteiger partial charge on any atom is 0.433 e. The molecule has 0 aliphatic carbocycles. The summed E-state index contributed by atoms with van der Waals surface area (Å²) in [7, 11) is 0. The molecule has 0 spiro atoms. The van der Waals surface area contributed by atoms with Gasteiger partial charge in [-0.2, -0.15) is 31.4 Å². The van der Waals surface area contributed by atoms with Crippen LogP contribution in [0.15, 0.2) is 55.1 Å². The molecule has 0 radical (unpaired) electrons. The fraction of sp³-hybridized carbons (Fsp3) is 0.136. The molecule has 0 atom stereocenters. The SMILES string of the molecule is Nc1ncnn2cc(C(=O)NCC(F)(F)F)c(-c3ccc(NC(=O)Nc4ccnc(C(F)(F)F)c4)cc3)c12. The Hall–Kier alpha value is -4.89. The number of halogens is 6. The number of nitrogen functional groups attached to an aromatic ring is 1. The number of hydrogen-bond acceptors (Lipinski definition) is 6. The molecule has 0 bridgehead atoms. The highest BCUT2D eigenvalue weighted by Gasteiger charge is 2.32. The van der Waals surface area contributed by atoms with Crippen molar-refractivity contribution in [2.75, 3.05) is 22.9 Å². The Morgan fingerprint density at radius 3 is 2.29 bits per heavy atom. The lowest BCUT2D eigenvalue weighted by atomic mass is 10.0. The first kappa shape index (κ1) is 26.2. The Labute approximate surface area is 208 Å². The number of carbonyl (C=O) groups excluding carboxylic acids is 2. The van der Waals surface area contributed by atoms with Crippen molar-refractivity contribution in [2.24, 2.45) is 0 Å². The molecule has 0 fully saturated rings. The van der Waals surface area contributed by atoms with Gasteiger partial charge >= 0.3 is 18.4 Å².